The molecule has 0 aliphatic carbocycles. The molecule has 164 valence electrons. The molecule has 0 atom stereocenters. The van der Waals surface area contributed by atoms with Crippen molar-refractivity contribution in [3.8, 4) is 0 Å². The first-order valence-electron chi connectivity index (χ1n) is 11.0. The number of anilines is 1. The quantitative estimate of drug-likeness (QED) is 0.329. The molecule has 5 nitrogen and oxygen atoms in total. The maximum absolute atomic E-state index is 13.1. The number of hydrogen-bond acceptors (Lipinski definition) is 6. The van der Waals surface area contributed by atoms with Gasteiger partial charge in [0.2, 0.25) is 0 Å². The van der Waals surface area contributed by atoms with E-state index in [2.05, 4.69) is 24.0 Å². The van der Waals surface area contributed by atoms with Crippen LogP contribution < -0.4 is 4.90 Å². The van der Waals surface area contributed by atoms with Crippen LogP contribution in [0.2, 0.25) is 0 Å². The van der Waals surface area contributed by atoms with Crippen LogP contribution in [0.25, 0.3) is 17.0 Å². The van der Waals surface area contributed by atoms with Crippen molar-refractivity contribution >= 4 is 57.0 Å². The molecule has 1 amide bonds. The molecule has 0 spiro atoms. The van der Waals surface area contributed by atoms with Gasteiger partial charge in [-0.1, -0.05) is 49.1 Å². The van der Waals surface area contributed by atoms with E-state index >= 15 is 0 Å². The van der Waals surface area contributed by atoms with Crippen LogP contribution in [-0.4, -0.2) is 53.0 Å². The molecule has 0 unspecified atom stereocenters. The van der Waals surface area contributed by atoms with Gasteiger partial charge in [-0.15, -0.1) is 0 Å². The number of rotatable bonds is 7. The minimum Gasteiger partial charge on any atom is -0.382 e. The molecule has 2 saturated heterocycles. The zero-order chi connectivity index (χ0) is 21.8. The molecule has 0 N–H and O–H groups in total. The highest BCUT2D eigenvalue weighted by molar-refractivity contribution is 8.26. The lowest BCUT2D eigenvalue weighted by atomic mass is 9.98. The lowest BCUT2D eigenvalue weighted by Gasteiger charge is -2.32. The summed E-state index contributed by atoms with van der Waals surface area (Å²) in [6.45, 7) is 8.18. The summed E-state index contributed by atoms with van der Waals surface area (Å²) in [6.07, 6.45) is 5.09. The van der Waals surface area contributed by atoms with Crippen LogP contribution >= 0.6 is 24.0 Å². The highest BCUT2D eigenvalue weighted by atomic mass is 32.2. The normalized spacial score (nSPS) is 19.2. The highest BCUT2D eigenvalue weighted by Crippen LogP contribution is 2.35. The van der Waals surface area contributed by atoms with E-state index in [0.717, 1.165) is 60.6 Å². The monoisotopic (exact) mass is 455 g/mol. The molecule has 3 heterocycles. The number of nitrogens with zero attached hydrogens (tertiary/aromatic N) is 3. The van der Waals surface area contributed by atoms with Gasteiger partial charge in [0.05, 0.1) is 10.4 Å². The Kier molecular flexibility index (Phi) is 7.25. The number of thiocarbonyl (C=S) groups is 1. The van der Waals surface area contributed by atoms with Crippen molar-refractivity contribution in [2.24, 2.45) is 5.92 Å². The maximum atomic E-state index is 13.1. The summed E-state index contributed by atoms with van der Waals surface area (Å²) in [5, 5.41) is 1.08. The molecule has 2 aliphatic rings. The van der Waals surface area contributed by atoms with Gasteiger partial charge in [-0.05, 0) is 50.3 Å². The SMILES string of the molecule is CCOCCCN1C(=O)/C(=C/c2cc3ccccc3nc2N2CCC(C)CC2)SC1=S. The standard InChI is InChI=1S/C24H29N3O2S2/c1-3-29-14-6-11-27-23(28)21(31-24(27)30)16-19-15-18-7-4-5-8-20(18)25-22(19)26-12-9-17(2)10-13-26/h4-5,7-8,15-17H,3,6,9-14H2,1-2H3/b21-16-. The second kappa shape index (κ2) is 10.1. The number of pyridine rings is 1. The summed E-state index contributed by atoms with van der Waals surface area (Å²) >= 11 is 6.88. The van der Waals surface area contributed by atoms with Crippen LogP contribution in [-0.2, 0) is 9.53 Å². The minimum atomic E-state index is -0.0159. The summed E-state index contributed by atoms with van der Waals surface area (Å²) < 4.78 is 6.02. The smallest absolute Gasteiger partial charge is 0.266 e. The van der Waals surface area contributed by atoms with E-state index in [4.69, 9.17) is 21.9 Å². The van der Waals surface area contributed by atoms with Crippen molar-refractivity contribution in [3.63, 3.8) is 0 Å². The molecule has 0 radical (unpaired) electrons. The van der Waals surface area contributed by atoms with Gasteiger partial charge in [-0.25, -0.2) is 4.98 Å². The zero-order valence-electron chi connectivity index (χ0n) is 18.2. The Morgan fingerprint density at radius 2 is 2.06 bits per heavy atom. The number of ether oxygens (including phenoxy) is 1. The van der Waals surface area contributed by atoms with Crippen LogP contribution in [0, 0.1) is 5.92 Å². The molecule has 1 aromatic heterocycles. The largest absolute Gasteiger partial charge is 0.382 e. The van der Waals surface area contributed by atoms with Gasteiger partial charge >= 0.3 is 0 Å². The molecule has 2 fully saturated rings. The fourth-order valence-electron chi connectivity index (χ4n) is 4.01. The van der Waals surface area contributed by atoms with Crippen LogP contribution in [0.1, 0.15) is 38.7 Å². The van der Waals surface area contributed by atoms with Crippen LogP contribution in [0.4, 0.5) is 5.82 Å². The van der Waals surface area contributed by atoms with E-state index in [-0.39, 0.29) is 5.91 Å². The fourth-order valence-corrected chi connectivity index (χ4v) is 5.30. The third-order valence-electron chi connectivity index (χ3n) is 5.85. The van der Waals surface area contributed by atoms with Gasteiger partial charge in [-0.2, -0.15) is 0 Å². The number of benzene rings is 1. The van der Waals surface area contributed by atoms with Crippen molar-refractivity contribution in [1.29, 1.82) is 0 Å². The lowest BCUT2D eigenvalue weighted by Crippen LogP contribution is -2.34. The third kappa shape index (κ3) is 5.10. The summed E-state index contributed by atoms with van der Waals surface area (Å²) in [5.74, 6) is 1.69. The van der Waals surface area contributed by atoms with Gasteiger partial charge < -0.3 is 9.64 Å². The van der Waals surface area contributed by atoms with E-state index in [1.807, 2.05) is 31.2 Å². The molecule has 1 aromatic carbocycles. The average Bonchev–Trinajstić information content (AvgIpc) is 3.04. The second-order valence-electron chi connectivity index (χ2n) is 8.15. The average molecular weight is 456 g/mol. The van der Waals surface area contributed by atoms with Gasteiger partial charge in [0.1, 0.15) is 10.1 Å². The molecule has 31 heavy (non-hydrogen) atoms. The first-order chi connectivity index (χ1) is 15.1. The van der Waals surface area contributed by atoms with Crippen molar-refractivity contribution in [2.45, 2.75) is 33.1 Å². The summed E-state index contributed by atoms with van der Waals surface area (Å²) in [7, 11) is 0. The number of thioether (sulfide) groups is 1. The number of aromatic nitrogens is 1. The van der Waals surface area contributed by atoms with E-state index in [1.54, 1.807) is 4.90 Å². The topological polar surface area (TPSA) is 45.7 Å². The number of hydrogen-bond donors (Lipinski definition) is 0. The first-order valence-corrected chi connectivity index (χ1v) is 12.3. The van der Waals surface area contributed by atoms with Crippen molar-refractivity contribution < 1.29 is 9.53 Å². The van der Waals surface area contributed by atoms with Gasteiger partial charge in [0, 0.05) is 43.8 Å². The molecular formula is C24H29N3O2S2. The molecule has 4 rings (SSSR count). The molecule has 7 heteroatoms. The van der Waals surface area contributed by atoms with E-state index in [0.29, 0.717) is 29.0 Å². The lowest BCUT2D eigenvalue weighted by molar-refractivity contribution is -0.122. The van der Waals surface area contributed by atoms with Crippen LogP contribution in [0.15, 0.2) is 35.2 Å². The zero-order valence-corrected chi connectivity index (χ0v) is 19.8. The molecule has 0 bridgehead atoms. The molecule has 2 aromatic rings. The Hall–Kier alpha value is -1.96. The van der Waals surface area contributed by atoms with Crippen LogP contribution in [0.5, 0.6) is 0 Å². The first kappa shape index (κ1) is 22.2. The number of carbonyl (C=O) groups is 1. The number of fused-ring (bicyclic) bond motifs is 1. The van der Waals surface area contributed by atoms with Gasteiger partial charge in [0.25, 0.3) is 5.91 Å². The van der Waals surface area contributed by atoms with E-state index in [1.165, 1.54) is 11.8 Å². The number of amides is 1. The number of piperidine rings is 1. The van der Waals surface area contributed by atoms with Crippen LogP contribution in [0.3, 0.4) is 0 Å². The predicted molar refractivity (Wildman–Crippen MR) is 133 cm³/mol. The van der Waals surface area contributed by atoms with Gasteiger partial charge in [0.15, 0.2) is 0 Å². The van der Waals surface area contributed by atoms with E-state index < -0.39 is 0 Å². The maximum Gasteiger partial charge on any atom is 0.266 e. The molecule has 0 saturated carbocycles. The number of carbonyl (C=O) groups excluding carboxylic acids is 1. The Balaban J connectivity index is 1.63. The Labute approximate surface area is 193 Å². The fraction of sp³-hybridized carbons (Fsp3) is 0.458. The van der Waals surface area contributed by atoms with Crippen molar-refractivity contribution in [2.75, 3.05) is 37.7 Å². The summed E-state index contributed by atoms with van der Waals surface area (Å²) in [4.78, 5) is 22.8. The Morgan fingerprint density at radius 1 is 1.29 bits per heavy atom. The van der Waals surface area contributed by atoms with E-state index in [9.17, 15) is 4.79 Å². The Morgan fingerprint density at radius 3 is 2.84 bits per heavy atom. The summed E-state index contributed by atoms with van der Waals surface area (Å²) in [6, 6.07) is 10.3. The number of para-hydroxylation sites is 1. The Bertz CT molecular complexity index is 999. The molecule has 2 aliphatic heterocycles. The predicted octanol–water partition coefficient (Wildman–Crippen LogP) is 5.10. The second-order valence-corrected chi connectivity index (χ2v) is 9.82. The van der Waals surface area contributed by atoms with Gasteiger partial charge in [-0.3, -0.25) is 9.69 Å². The highest BCUT2D eigenvalue weighted by Gasteiger charge is 2.32. The third-order valence-corrected chi connectivity index (χ3v) is 7.23. The van der Waals surface area contributed by atoms with Crippen molar-refractivity contribution in [1.82, 2.24) is 9.88 Å². The van der Waals surface area contributed by atoms with Crippen molar-refractivity contribution in [3.05, 3.63) is 40.8 Å². The summed E-state index contributed by atoms with van der Waals surface area (Å²) in [5.41, 5.74) is 1.97. The minimum absolute atomic E-state index is 0.0159. The molecular weight excluding hydrogens is 426 g/mol.